The van der Waals surface area contributed by atoms with Gasteiger partial charge in [0.25, 0.3) is 5.91 Å². The van der Waals surface area contributed by atoms with Gasteiger partial charge in [0.15, 0.2) is 0 Å². The van der Waals surface area contributed by atoms with Gasteiger partial charge in [-0.2, -0.15) is 0 Å². The van der Waals surface area contributed by atoms with E-state index < -0.39 is 5.97 Å². The van der Waals surface area contributed by atoms with Gasteiger partial charge in [-0.05, 0) is 55.4 Å². The van der Waals surface area contributed by atoms with Gasteiger partial charge in [0.1, 0.15) is 0 Å². The van der Waals surface area contributed by atoms with Crippen molar-refractivity contribution in [1.82, 2.24) is 5.32 Å². The summed E-state index contributed by atoms with van der Waals surface area (Å²) in [5.74, 6) is -1.21. The number of aryl methyl sites for hydroxylation is 1. The van der Waals surface area contributed by atoms with E-state index in [2.05, 4.69) is 12.2 Å². The summed E-state index contributed by atoms with van der Waals surface area (Å²) in [4.78, 5) is 22.9. The number of carboxylic acids is 1. The average molecular weight is 261 g/mol. The van der Waals surface area contributed by atoms with Crippen LogP contribution in [0.2, 0.25) is 0 Å². The Morgan fingerprint density at radius 1 is 1.26 bits per heavy atom. The summed E-state index contributed by atoms with van der Waals surface area (Å²) in [5, 5.41) is 11.8. The maximum Gasteiger partial charge on any atom is 0.335 e. The first kappa shape index (κ1) is 13.6. The van der Waals surface area contributed by atoms with Gasteiger partial charge in [0.05, 0.1) is 5.56 Å². The lowest BCUT2D eigenvalue weighted by atomic mass is 10.0. The van der Waals surface area contributed by atoms with Crippen LogP contribution in [0.4, 0.5) is 0 Å². The van der Waals surface area contributed by atoms with Gasteiger partial charge >= 0.3 is 5.97 Å². The zero-order chi connectivity index (χ0) is 14.0. The molecule has 2 N–H and O–H groups in total. The van der Waals surface area contributed by atoms with E-state index in [-0.39, 0.29) is 11.5 Å². The van der Waals surface area contributed by atoms with Crippen molar-refractivity contribution in [2.75, 3.05) is 6.54 Å². The Kier molecular flexibility index (Phi) is 3.60. The van der Waals surface area contributed by atoms with Gasteiger partial charge in [-0.15, -0.1) is 0 Å². The van der Waals surface area contributed by atoms with Gasteiger partial charge in [-0.25, -0.2) is 4.79 Å². The van der Waals surface area contributed by atoms with Gasteiger partial charge in [0, 0.05) is 12.1 Å². The monoisotopic (exact) mass is 261 g/mol. The standard InChI is InChI=1S/C15H19NO3/c1-10-7-11(9-12(8-10)14(18)19)13(17)16-6-5-15(2)3-4-15/h7-9H,3-6H2,1-2H3,(H,16,17)(H,18,19). The molecule has 1 fully saturated rings. The summed E-state index contributed by atoms with van der Waals surface area (Å²) >= 11 is 0. The van der Waals surface area contributed by atoms with E-state index in [4.69, 9.17) is 5.11 Å². The third-order valence-corrected chi connectivity index (χ3v) is 3.70. The second-order valence-corrected chi connectivity index (χ2v) is 5.71. The highest BCUT2D eigenvalue weighted by Gasteiger charge is 2.36. The van der Waals surface area contributed by atoms with Crippen LogP contribution in [-0.4, -0.2) is 23.5 Å². The zero-order valence-corrected chi connectivity index (χ0v) is 11.3. The van der Waals surface area contributed by atoms with Crippen molar-refractivity contribution < 1.29 is 14.7 Å². The van der Waals surface area contributed by atoms with E-state index in [0.717, 1.165) is 12.0 Å². The Labute approximate surface area is 112 Å². The van der Waals surface area contributed by atoms with E-state index in [0.29, 0.717) is 17.5 Å². The van der Waals surface area contributed by atoms with Gasteiger partial charge in [-0.1, -0.05) is 6.92 Å². The zero-order valence-electron chi connectivity index (χ0n) is 11.3. The molecule has 1 saturated carbocycles. The molecule has 0 unspecified atom stereocenters. The quantitative estimate of drug-likeness (QED) is 0.856. The van der Waals surface area contributed by atoms with E-state index in [1.54, 1.807) is 19.1 Å². The molecule has 1 amide bonds. The van der Waals surface area contributed by atoms with Crippen LogP contribution in [0.5, 0.6) is 0 Å². The first-order valence-electron chi connectivity index (χ1n) is 6.53. The Morgan fingerprint density at radius 2 is 1.89 bits per heavy atom. The molecule has 0 bridgehead atoms. The maximum absolute atomic E-state index is 12.0. The summed E-state index contributed by atoms with van der Waals surface area (Å²) < 4.78 is 0. The number of amides is 1. The Bertz CT molecular complexity index is 518. The predicted molar refractivity (Wildman–Crippen MR) is 72.4 cm³/mol. The fourth-order valence-electron chi connectivity index (χ4n) is 2.08. The molecule has 19 heavy (non-hydrogen) atoms. The van der Waals surface area contributed by atoms with Crippen LogP contribution in [0.25, 0.3) is 0 Å². The average Bonchev–Trinajstić information content (AvgIpc) is 3.06. The Morgan fingerprint density at radius 3 is 2.47 bits per heavy atom. The molecular weight excluding hydrogens is 242 g/mol. The molecule has 0 aromatic heterocycles. The van der Waals surface area contributed by atoms with Crippen molar-refractivity contribution in [1.29, 1.82) is 0 Å². The van der Waals surface area contributed by atoms with Crippen LogP contribution >= 0.6 is 0 Å². The molecule has 0 heterocycles. The summed E-state index contributed by atoms with van der Waals surface area (Å²) in [6.07, 6.45) is 3.45. The first-order valence-corrected chi connectivity index (χ1v) is 6.53. The third kappa shape index (κ3) is 3.56. The van der Waals surface area contributed by atoms with Gasteiger partial charge in [-0.3, -0.25) is 4.79 Å². The minimum Gasteiger partial charge on any atom is -0.478 e. The van der Waals surface area contributed by atoms with Crippen LogP contribution in [0.1, 0.15) is 52.5 Å². The number of carboxylic acid groups (broad SMARTS) is 1. The molecule has 0 saturated heterocycles. The van der Waals surface area contributed by atoms with Crippen LogP contribution in [0.3, 0.4) is 0 Å². The summed E-state index contributed by atoms with van der Waals surface area (Å²) in [6.45, 7) is 4.65. The molecule has 0 spiro atoms. The highest BCUT2D eigenvalue weighted by molar-refractivity contribution is 5.97. The van der Waals surface area contributed by atoms with Gasteiger partial charge in [0.2, 0.25) is 0 Å². The number of benzene rings is 1. The Balaban J connectivity index is 1.99. The highest BCUT2D eigenvalue weighted by Crippen LogP contribution is 2.47. The molecule has 0 atom stereocenters. The van der Waals surface area contributed by atoms with E-state index in [9.17, 15) is 9.59 Å². The molecule has 102 valence electrons. The van der Waals surface area contributed by atoms with E-state index >= 15 is 0 Å². The normalized spacial score (nSPS) is 15.9. The molecule has 1 aliphatic carbocycles. The fraction of sp³-hybridized carbons (Fsp3) is 0.467. The summed E-state index contributed by atoms with van der Waals surface area (Å²) in [7, 11) is 0. The molecule has 1 aromatic carbocycles. The SMILES string of the molecule is Cc1cc(C(=O)O)cc(C(=O)NCCC2(C)CC2)c1. The number of carbonyl (C=O) groups excluding carboxylic acids is 1. The summed E-state index contributed by atoms with van der Waals surface area (Å²) in [5.41, 5.74) is 1.75. The van der Waals surface area contributed by atoms with Crippen LogP contribution in [0.15, 0.2) is 18.2 Å². The molecule has 4 nitrogen and oxygen atoms in total. The fourth-order valence-corrected chi connectivity index (χ4v) is 2.08. The number of carbonyl (C=O) groups is 2. The molecule has 0 radical (unpaired) electrons. The number of hydrogen-bond acceptors (Lipinski definition) is 2. The van der Waals surface area contributed by atoms with Crippen molar-refractivity contribution in [2.24, 2.45) is 5.41 Å². The van der Waals surface area contributed by atoms with Crippen molar-refractivity contribution in [2.45, 2.75) is 33.1 Å². The molecule has 2 rings (SSSR count). The van der Waals surface area contributed by atoms with Crippen molar-refractivity contribution in [3.8, 4) is 0 Å². The Hall–Kier alpha value is -1.84. The molecule has 1 aromatic rings. The van der Waals surface area contributed by atoms with E-state index in [1.165, 1.54) is 18.9 Å². The third-order valence-electron chi connectivity index (χ3n) is 3.70. The number of hydrogen-bond donors (Lipinski definition) is 2. The second kappa shape index (κ2) is 5.03. The highest BCUT2D eigenvalue weighted by atomic mass is 16.4. The predicted octanol–water partition coefficient (Wildman–Crippen LogP) is 2.61. The van der Waals surface area contributed by atoms with Crippen molar-refractivity contribution in [3.05, 3.63) is 34.9 Å². The topological polar surface area (TPSA) is 66.4 Å². The van der Waals surface area contributed by atoms with Crippen LogP contribution in [0, 0.1) is 12.3 Å². The van der Waals surface area contributed by atoms with Gasteiger partial charge < -0.3 is 10.4 Å². The minimum absolute atomic E-state index is 0.152. The van der Waals surface area contributed by atoms with Crippen LogP contribution in [-0.2, 0) is 0 Å². The maximum atomic E-state index is 12.0. The number of rotatable bonds is 5. The smallest absolute Gasteiger partial charge is 0.335 e. The van der Waals surface area contributed by atoms with Crippen molar-refractivity contribution in [3.63, 3.8) is 0 Å². The van der Waals surface area contributed by atoms with Crippen molar-refractivity contribution >= 4 is 11.9 Å². The molecule has 4 heteroatoms. The van der Waals surface area contributed by atoms with E-state index in [1.807, 2.05) is 0 Å². The minimum atomic E-state index is -1.01. The largest absolute Gasteiger partial charge is 0.478 e. The number of nitrogens with one attached hydrogen (secondary N) is 1. The van der Waals surface area contributed by atoms with Crippen LogP contribution < -0.4 is 5.32 Å². The second-order valence-electron chi connectivity index (χ2n) is 5.71. The molecular formula is C15H19NO3. The lowest BCUT2D eigenvalue weighted by Crippen LogP contribution is -2.26. The molecule has 0 aliphatic heterocycles. The number of aromatic carboxylic acids is 1. The molecule has 1 aliphatic rings. The first-order chi connectivity index (χ1) is 8.89. The summed E-state index contributed by atoms with van der Waals surface area (Å²) in [6, 6.07) is 4.69. The lowest BCUT2D eigenvalue weighted by Gasteiger charge is -2.10. The lowest BCUT2D eigenvalue weighted by molar-refractivity contribution is 0.0696.